The van der Waals surface area contributed by atoms with Gasteiger partial charge in [-0.3, -0.25) is 4.79 Å². The SMILES string of the molecule is C=C/C=C\C/C=C(\CC)C(C(=O)OC1CCN(C)CC1)C(/C=C\C=C)=C/C. The van der Waals surface area contributed by atoms with Crippen molar-refractivity contribution in [2.75, 3.05) is 20.1 Å². The van der Waals surface area contributed by atoms with Crippen molar-refractivity contribution in [3.05, 3.63) is 72.9 Å². The minimum Gasteiger partial charge on any atom is -0.462 e. The van der Waals surface area contributed by atoms with Crippen LogP contribution in [0.3, 0.4) is 0 Å². The lowest BCUT2D eigenvalue weighted by Crippen LogP contribution is -2.36. The highest BCUT2D eigenvalue weighted by atomic mass is 16.5. The van der Waals surface area contributed by atoms with E-state index in [1.165, 1.54) is 0 Å². The number of hydrogen-bond acceptors (Lipinski definition) is 3. The molecule has 0 aromatic rings. The van der Waals surface area contributed by atoms with Crippen LogP contribution >= 0.6 is 0 Å². The van der Waals surface area contributed by atoms with E-state index in [0.29, 0.717) is 0 Å². The van der Waals surface area contributed by atoms with Gasteiger partial charge in [-0.25, -0.2) is 0 Å². The van der Waals surface area contributed by atoms with Gasteiger partial charge in [0.15, 0.2) is 0 Å². The highest BCUT2D eigenvalue weighted by molar-refractivity contribution is 5.80. The molecule has 3 nitrogen and oxygen atoms in total. The summed E-state index contributed by atoms with van der Waals surface area (Å²) in [6.45, 7) is 13.4. The second-order valence-corrected chi connectivity index (χ2v) is 6.79. The van der Waals surface area contributed by atoms with E-state index in [-0.39, 0.29) is 18.0 Å². The van der Waals surface area contributed by atoms with Gasteiger partial charge in [0.1, 0.15) is 12.0 Å². The second-order valence-electron chi connectivity index (χ2n) is 6.79. The third-order valence-electron chi connectivity index (χ3n) is 4.84. The maximum absolute atomic E-state index is 13.1. The number of ether oxygens (including phenoxy) is 1. The third-order valence-corrected chi connectivity index (χ3v) is 4.84. The van der Waals surface area contributed by atoms with Gasteiger partial charge in [0.2, 0.25) is 0 Å². The van der Waals surface area contributed by atoms with Crippen LogP contribution < -0.4 is 0 Å². The zero-order chi connectivity index (χ0) is 20.1. The van der Waals surface area contributed by atoms with E-state index in [1.807, 2.05) is 37.3 Å². The van der Waals surface area contributed by atoms with Crippen molar-refractivity contribution in [1.29, 1.82) is 0 Å². The Morgan fingerprint density at radius 2 is 1.89 bits per heavy atom. The number of piperidine rings is 1. The highest BCUT2D eigenvalue weighted by Gasteiger charge is 2.29. The number of hydrogen-bond donors (Lipinski definition) is 0. The fraction of sp³-hybridized carbons (Fsp3) is 0.458. The molecule has 3 heteroatoms. The summed E-state index contributed by atoms with van der Waals surface area (Å²) in [4.78, 5) is 15.4. The van der Waals surface area contributed by atoms with Gasteiger partial charge in [0.25, 0.3) is 0 Å². The summed E-state index contributed by atoms with van der Waals surface area (Å²) in [5.41, 5.74) is 2.04. The molecular weight excluding hydrogens is 334 g/mol. The molecule has 0 N–H and O–H groups in total. The van der Waals surface area contributed by atoms with Gasteiger partial charge in [-0.15, -0.1) is 0 Å². The Morgan fingerprint density at radius 3 is 2.44 bits per heavy atom. The largest absolute Gasteiger partial charge is 0.462 e. The average Bonchev–Trinajstić information content (AvgIpc) is 2.68. The predicted octanol–water partition coefficient (Wildman–Crippen LogP) is 5.40. The van der Waals surface area contributed by atoms with Crippen LogP contribution in [0, 0.1) is 5.92 Å². The van der Waals surface area contributed by atoms with E-state index in [9.17, 15) is 4.79 Å². The summed E-state index contributed by atoms with van der Waals surface area (Å²) in [6.07, 6.45) is 18.8. The van der Waals surface area contributed by atoms with E-state index >= 15 is 0 Å². The lowest BCUT2D eigenvalue weighted by molar-refractivity contribution is -0.153. The first-order valence-electron chi connectivity index (χ1n) is 9.88. The lowest BCUT2D eigenvalue weighted by atomic mass is 9.87. The number of esters is 1. The smallest absolute Gasteiger partial charge is 0.317 e. The fourth-order valence-corrected chi connectivity index (χ4v) is 3.24. The quantitative estimate of drug-likeness (QED) is 0.293. The number of rotatable bonds is 10. The maximum atomic E-state index is 13.1. The Labute approximate surface area is 165 Å². The molecule has 1 fully saturated rings. The van der Waals surface area contributed by atoms with E-state index in [2.05, 4.69) is 38.1 Å². The standard InChI is InChI=1S/C24H35NO2/c1-6-10-12-13-15-21(9-4)23(20(8-3)14-11-7-2)24(26)27-22-16-18-25(5)19-17-22/h6-8,10-12,14-15,22-23H,1-2,9,13,16-19H2,3-5H3/b12-10-,14-11-,20-8+,21-15+. The summed E-state index contributed by atoms with van der Waals surface area (Å²) >= 11 is 0. The van der Waals surface area contributed by atoms with Gasteiger partial charge >= 0.3 is 5.97 Å². The molecule has 1 rings (SSSR count). The van der Waals surface area contributed by atoms with Crippen LogP contribution in [0.2, 0.25) is 0 Å². The highest BCUT2D eigenvalue weighted by Crippen LogP contribution is 2.28. The molecule has 0 radical (unpaired) electrons. The predicted molar refractivity (Wildman–Crippen MR) is 116 cm³/mol. The van der Waals surface area contributed by atoms with Crippen molar-refractivity contribution < 1.29 is 9.53 Å². The Hall–Kier alpha value is -2.13. The molecule has 0 aliphatic carbocycles. The van der Waals surface area contributed by atoms with Crippen molar-refractivity contribution in [1.82, 2.24) is 4.90 Å². The number of allylic oxidation sites excluding steroid dienone is 8. The van der Waals surface area contributed by atoms with Crippen LogP contribution in [0.4, 0.5) is 0 Å². The summed E-state index contributed by atoms with van der Waals surface area (Å²) in [6, 6.07) is 0. The van der Waals surface area contributed by atoms with E-state index < -0.39 is 0 Å². The van der Waals surface area contributed by atoms with Gasteiger partial charge in [0, 0.05) is 13.1 Å². The van der Waals surface area contributed by atoms with Crippen molar-refractivity contribution >= 4 is 5.97 Å². The first kappa shape index (κ1) is 22.9. The van der Waals surface area contributed by atoms with Crippen molar-refractivity contribution in [3.63, 3.8) is 0 Å². The second kappa shape index (κ2) is 13.1. The Balaban J connectivity index is 3.05. The average molecular weight is 370 g/mol. The third kappa shape index (κ3) is 7.96. The van der Waals surface area contributed by atoms with E-state index in [0.717, 1.165) is 49.9 Å². The van der Waals surface area contributed by atoms with Crippen molar-refractivity contribution in [2.24, 2.45) is 5.92 Å². The molecule has 0 saturated carbocycles. The summed E-state index contributed by atoms with van der Waals surface area (Å²) in [5, 5.41) is 0. The molecular formula is C24H35NO2. The molecule has 0 amide bonds. The minimum atomic E-state index is -0.368. The summed E-state index contributed by atoms with van der Waals surface area (Å²) in [5.74, 6) is -0.514. The monoisotopic (exact) mass is 369 g/mol. The normalized spacial score (nSPS) is 18.8. The van der Waals surface area contributed by atoms with Gasteiger partial charge in [-0.1, -0.05) is 74.3 Å². The number of nitrogens with zero attached hydrogens (tertiary/aromatic N) is 1. The first-order valence-corrected chi connectivity index (χ1v) is 9.88. The van der Waals surface area contributed by atoms with Crippen LogP contribution in [0.5, 0.6) is 0 Å². The molecule has 1 aliphatic heterocycles. The topological polar surface area (TPSA) is 29.5 Å². The van der Waals surface area contributed by atoms with Crippen LogP contribution in [0.25, 0.3) is 0 Å². The molecule has 1 saturated heterocycles. The molecule has 27 heavy (non-hydrogen) atoms. The molecule has 1 heterocycles. The minimum absolute atomic E-state index is 0.0106. The molecule has 1 aliphatic rings. The maximum Gasteiger partial charge on any atom is 0.317 e. The molecule has 0 aromatic heterocycles. The molecule has 0 aromatic carbocycles. The summed E-state index contributed by atoms with van der Waals surface area (Å²) < 4.78 is 5.93. The fourth-order valence-electron chi connectivity index (χ4n) is 3.24. The molecule has 0 bridgehead atoms. The first-order chi connectivity index (χ1) is 13.1. The van der Waals surface area contributed by atoms with Gasteiger partial charge in [-0.2, -0.15) is 0 Å². The summed E-state index contributed by atoms with van der Waals surface area (Å²) in [7, 11) is 2.10. The van der Waals surface area contributed by atoms with Gasteiger partial charge in [-0.05, 0) is 45.2 Å². The van der Waals surface area contributed by atoms with E-state index in [4.69, 9.17) is 4.74 Å². The van der Waals surface area contributed by atoms with Crippen LogP contribution in [-0.4, -0.2) is 37.1 Å². The van der Waals surface area contributed by atoms with Crippen LogP contribution in [0.1, 0.15) is 39.5 Å². The Kier molecular flexibility index (Phi) is 11.1. The molecule has 1 atom stereocenters. The van der Waals surface area contributed by atoms with E-state index in [1.54, 1.807) is 12.2 Å². The van der Waals surface area contributed by atoms with Crippen LogP contribution in [0.15, 0.2) is 72.9 Å². The zero-order valence-corrected chi connectivity index (χ0v) is 17.2. The molecule has 0 spiro atoms. The Morgan fingerprint density at radius 1 is 1.22 bits per heavy atom. The van der Waals surface area contributed by atoms with Crippen molar-refractivity contribution in [2.45, 2.75) is 45.6 Å². The van der Waals surface area contributed by atoms with Crippen molar-refractivity contribution in [3.8, 4) is 0 Å². The van der Waals surface area contributed by atoms with Gasteiger partial charge in [0.05, 0.1) is 0 Å². The lowest BCUT2D eigenvalue weighted by Gasteiger charge is -2.30. The molecule has 1 unspecified atom stereocenters. The van der Waals surface area contributed by atoms with Crippen LogP contribution in [-0.2, 0) is 9.53 Å². The number of carbonyl (C=O) groups excluding carboxylic acids is 1. The zero-order valence-electron chi connectivity index (χ0n) is 17.2. The Bertz CT molecular complexity index is 602. The number of likely N-dealkylation sites (tertiary alicyclic amines) is 1. The van der Waals surface area contributed by atoms with Gasteiger partial charge < -0.3 is 9.64 Å². The number of carbonyl (C=O) groups is 1. The molecule has 148 valence electrons.